The van der Waals surface area contributed by atoms with E-state index in [4.69, 9.17) is 10.5 Å². The highest BCUT2D eigenvalue weighted by atomic mass is 32.2. The second-order valence-corrected chi connectivity index (χ2v) is 4.88. The van der Waals surface area contributed by atoms with Crippen molar-refractivity contribution in [2.24, 2.45) is 5.73 Å². The molecule has 0 heterocycles. The van der Waals surface area contributed by atoms with Crippen LogP contribution in [0, 0.1) is 0 Å². The zero-order valence-electron chi connectivity index (χ0n) is 8.62. The minimum absolute atomic E-state index is 0.0245. The van der Waals surface area contributed by atoms with Crippen molar-refractivity contribution in [2.75, 3.05) is 24.7 Å². The molecule has 0 aromatic carbocycles. The first-order valence-corrected chi connectivity index (χ1v) is 6.34. The van der Waals surface area contributed by atoms with Gasteiger partial charge in [0.2, 0.25) is 0 Å². The van der Waals surface area contributed by atoms with Gasteiger partial charge in [-0.2, -0.15) is 0 Å². The number of nitrogens with two attached hydrogens (primary N) is 1. The fourth-order valence-electron chi connectivity index (χ4n) is 0.877. The van der Waals surface area contributed by atoms with Gasteiger partial charge in [-0.05, 0) is 13.3 Å². The molecule has 0 fully saturated rings. The molecule has 0 aromatic rings. The third-order valence-electron chi connectivity index (χ3n) is 1.55. The van der Waals surface area contributed by atoms with Crippen LogP contribution in [0.15, 0.2) is 0 Å². The number of ether oxygens (including phenoxy) is 1. The summed E-state index contributed by atoms with van der Waals surface area (Å²) in [5, 5.41) is 0. The third-order valence-corrected chi connectivity index (χ3v) is 3.07. The SMILES string of the molecule is CCCCOCCS(=O)CC(C)N. The maximum absolute atomic E-state index is 11.2. The molecule has 2 N–H and O–H groups in total. The molecule has 0 aliphatic carbocycles. The molecule has 4 heteroatoms. The minimum Gasteiger partial charge on any atom is -0.380 e. The number of unbranched alkanes of at least 4 members (excludes halogenated alkanes) is 1. The lowest BCUT2D eigenvalue weighted by Crippen LogP contribution is -2.25. The molecule has 0 saturated heterocycles. The summed E-state index contributed by atoms with van der Waals surface area (Å²) in [6, 6.07) is 0.0245. The van der Waals surface area contributed by atoms with E-state index in [1.807, 2.05) is 6.92 Å². The Hall–Kier alpha value is 0.0700. The average molecular weight is 207 g/mol. The van der Waals surface area contributed by atoms with Crippen molar-refractivity contribution in [3.63, 3.8) is 0 Å². The second kappa shape index (κ2) is 8.66. The molecule has 0 radical (unpaired) electrons. The van der Waals surface area contributed by atoms with E-state index in [-0.39, 0.29) is 6.04 Å². The standard InChI is InChI=1S/C9H21NO2S/c1-3-4-5-12-6-7-13(11)8-9(2)10/h9H,3-8,10H2,1-2H3. The van der Waals surface area contributed by atoms with Gasteiger partial charge in [0.05, 0.1) is 6.61 Å². The largest absolute Gasteiger partial charge is 0.380 e. The summed E-state index contributed by atoms with van der Waals surface area (Å²) < 4.78 is 16.5. The smallest absolute Gasteiger partial charge is 0.0581 e. The Bertz CT molecular complexity index is 140. The van der Waals surface area contributed by atoms with Gasteiger partial charge in [0.25, 0.3) is 0 Å². The average Bonchev–Trinajstić information content (AvgIpc) is 2.02. The lowest BCUT2D eigenvalue weighted by molar-refractivity contribution is 0.146. The monoisotopic (exact) mass is 207 g/mol. The van der Waals surface area contributed by atoms with Gasteiger partial charge < -0.3 is 10.5 Å². The predicted molar refractivity (Wildman–Crippen MR) is 57.3 cm³/mol. The number of hydrogen-bond donors (Lipinski definition) is 1. The first-order chi connectivity index (χ1) is 6.16. The Balaban J connectivity index is 3.17. The van der Waals surface area contributed by atoms with E-state index in [1.165, 1.54) is 0 Å². The van der Waals surface area contributed by atoms with Crippen molar-refractivity contribution in [1.29, 1.82) is 0 Å². The van der Waals surface area contributed by atoms with E-state index in [1.54, 1.807) is 0 Å². The van der Waals surface area contributed by atoms with Gasteiger partial charge >= 0.3 is 0 Å². The lowest BCUT2D eigenvalue weighted by atomic mass is 10.4. The van der Waals surface area contributed by atoms with E-state index < -0.39 is 10.8 Å². The Morgan fingerprint density at radius 3 is 2.69 bits per heavy atom. The van der Waals surface area contributed by atoms with Gasteiger partial charge in [-0.3, -0.25) is 4.21 Å². The van der Waals surface area contributed by atoms with Crippen molar-refractivity contribution in [1.82, 2.24) is 0 Å². The van der Waals surface area contributed by atoms with E-state index in [2.05, 4.69) is 6.92 Å². The van der Waals surface area contributed by atoms with Gasteiger partial charge in [0, 0.05) is 35.0 Å². The molecule has 13 heavy (non-hydrogen) atoms. The summed E-state index contributed by atoms with van der Waals surface area (Å²) in [4.78, 5) is 0. The van der Waals surface area contributed by atoms with Crippen LogP contribution < -0.4 is 5.73 Å². The van der Waals surface area contributed by atoms with E-state index >= 15 is 0 Å². The summed E-state index contributed by atoms with van der Waals surface area (Å²) in [5.41, 5.74) is 5.51. The molecule has 0 rings (SSSR count). The number of hydrogen-bond acceptors (Lipinski definition) is 3. The van der Waals surface area contributed by atoms with E-state index in [0.717, 1.165) is 19.4 Å². The fraction of sp³-hybridized carbons (Fsp3) is 1.00. The van der Waals surface area contributed by atoms with Gasteiger partial charge in [0.1, 0.15) is 0 Å². The fourth-order valence-corrected chi connectivity index (χ4v) is 1.93. The molecule has 2 unspecified atom stereocenters. The van der Waals surface area contributed by atoms with Crippen LogP contribution in [0.4, 0.5) is 0 Å². The Morgan fingerprint density at radius 2 is 2.15 bits per heavy atom. The Kier molecular flexibility index (Phi) is 8.71. The van der Waals surface area contributed by atoms with Gasteiger partial charge in [-0.1, -0.05) is 13.3 Å². The van der Waals surface area contributed by atoms with Crippen LogP contribution in [0.3, 0.4) is 0 Å². The van der Waals surface area contributed by atoms with Crippen LogP contribution in [-0.2, 0) is 15.5 Å². The molecule has 0 amide bonds. The Labute approximate surface area is 83.5 Å². The van der Waals surface area contributed by atoms with Crippen LogP contribution in [0.2, 0.25) is 0 Å². The third kappa shape index (κ3) is 9.99. The number of rotatable bonds is 8. The maximum atomic E-state index is 11.2. The summed E-state index contributed by atoms with van der Waals surface area (Å²) in [6.45, 7) is 5.37. The first-order valence-electron chi connectivity index (χ1n) is 4.85. The molecule has 0 aliphatic rings. The highest BCUT2D eigenvalue weighted by Gasteiger charge is 2.02. The molecular weight excluding hydrogens is 186 g/mol. The molecule has 0 spiro atoms. The topological polar surface area (TPSA) is 52.3 Å². The summed E-state index contributed by atoms with van der Waals surface area (Å²) in [5.74, 6) is 1.20. The molecule has 0 saturated carbocycles. The second-order valence-electron chi connectivity index (χ2n) is 3.25. The van der Waals surface area contributed by atoms with Crippen molar-refractivity contribution in [2.45, 2.75) is 32.7 Å². The van der Waals surface area contributed by atoms with Crippen molar-refractivity contribution in [3.05, 3.63) is 0 Å². The van der Waals surface area contributed by atoms with E-state index in [9.17, 15) is 4.21 Å². The zero-order valence-corrected chi connectivity index (χ0v) is 9.44. The lowest BCUT2D eigenvalue weighted by Gasteiger charge is -2.05. The van der Waals surface area contributed by atoms with Crippen molar-refractivity contribution < 1.29 is 8.95 Å². The quantitative estimate of drug-likeness (QED) is 0.602. The first kappa shape index (κ1) is 13.1. The normalized spacial score (nSPS) is 15.6. The van der Waals surface area contributed by atoms with Crippen LogP contribution in [-0.4, -0.2) is 35.0 Å². The molecule has 2 atom stereocenters. The molecule has 3 nitrogen and oxygen atoms in total. The molecule has 0 aromatic heterocycles. The zero-order chi connectivity index (χ0) is 10.1. The molecule has 80 valence electrons. The summed E-state index contributed by atoms with van der Waals surface area (Å²) in [7, 11) is -0.806. The summed E-state index contributed by atoms with van der Waals surface area (Å²) in [6.07, 6.45) is 2.23. The van der Waals surface area contributed by atoms with E-state index in [0.29, 0.717) is 18.1 Å². The van der Waals surface area contributed by atoms with Crippen LogP contribution in [0.25, 0.3) is 0 Å². The van der Waals surface area contributed by atoms with Gasteiger partial charge in [-0.15, -0.1) is 0 Å². The highest BCUT2D eigenvalue weighted by molar-refractivity contribution is 7.85. The molecule has 0 bridgehead atoms. The van der Waals surface area contributed by atoms with Crippen LogP contribution >= 0.6 is 0 Å². The van der Waals surface area contributed by atoms with Gasteiger partial charge in [0.15, 0.2) is 0 Å². The predicted octanol–water partition coefficient (Wildman–Crippen LogP) is 0.899. The minimum atomic E-state index is -0.806. The summed E-state index contributed by atoms with van der Waals surface area (Å²) >= 11 is 0. The Morgan fingerprint density at radius 1 is 1.46 bits per heavy atom. The van der Waals surface area contributed by atoms with Gasteiger partial charge in [-0.25, -0.2) is 0 Å². The highest BCUT2D eigenvalue weighted by Crippen LogP contribution is 1.90. The molecule has 0 aliphatic heterocycles. The maximum Gasteiger partial charge on any atom is 0.0581 e. The van der Waals surface area contributed by atoms with Crippen molar-refractivity contribution in [3.8, 4) is 0 Å². The van der Waals surface area contributed by atoms with Crippen molar-refractivity contribution >= 4 is 10.8 Å². The van der Waals surface area contributed by atoms with Crippen LogP contribution in [0.1, 0.15) is 26.7 Å². The molecular formula is C9H21NO2S. The van der Waals surface area contributed by atoms with Crippen LogP contribution in [0.5, 0.6) is 0 Å².